The highest BCUT2D eigenvalue weighted by Gasteiger charge is 2.02. The number of nitrogens with zero attached hydrogens (tertiary/aromatic N) is 2. The first kappa shape index (κ1) is 18.8. The Kier molecular flexibility index (Phi) is 6.33. The molecule has 27 heavy (non-hydrogen) atoms. The number of benzene rings is 2. The minimum atomic E-state index is 0.507. The molecule has 0 aliphatic heterocycles. The topological polar surface area (TPSA) is 68.3 Å². The lowest BCUT2D eigenvalue weighted by atomic mass is 10.2. The molecule has 0 aliphatic rings. The van der Waals surface area contributed by atoms with Gasteiger partial charge in [-0.05, 0) is 48.9 Å². The lowest BCUT2D eigenvalue weighted by Gasteiger charge is -2.10. The Morgan fingerprint density at radius 1 is 0.963 bits per heavy atom. The van der Waals surface area contributed by atoms with Crippen molar-refractivity contribution in [3.8, 4) is 11.5 Å². The van der Waals surface area contributed by atoms with Gasteiger partial charge in [0.15, 0.2) is 0 Å². The summed E-state index contributed by atoms with van der Waals surface area (Å²) in [7, 11) is 1.64. The van der Waals surface area contributed by atoms with E-state index in [1.165, 1.54) is 6.33 Å². The molecule has 0 fully saturated rings. The van der Waals surface area contributed by atoms with Crippen molar-refractivity contribution in [1.82, 2.24) is 9.97 Å². The maximum absolute atomic E-state index is 6.16. The molecule has 1 heterocycles. The first-order valence-electron chi connectivity index (χ1n) is 8.50. The van der Waals surface area contributed by atoms with Crippen LogP contribution in [-0.4, -0.2) is 30.2 Å². The Hall–Kier alpha value is -2.99. The van der Waals surface area contributed by atoms with E-state index < -0.39 is 0 Å². The van der Waals surface area contributed by atoms with Crippen LogP contribution in [0.25, 0.3) is 0 Å². The summed E-state index contributed by atoms with van der Waals surface area (Å²) in [6.45, 7) is 3.08. The van der Waals surface area contributed by atoms with E-state index in [0.717, 1.165) is 22.7 Å². The van der Waals surface area contributed by atoms with E-state index in [2.05, 4.69) is 20.6 Å². The summed E-state index contributed by atoms with van der Waals surface area (Å²) in [5.74, 6) is 2.99. The van der Waals surface area contributed by atoms with Gasteiger partial charge in [0, 0.05) is 16.8 Å². The molecule has 0 saturated carbocycles. The molecule has 0 aliphatic carbocycles. The van der Waals surface area contributed by atoms with Crippen LogP contribution in [0.2, 0.25) is 5.02 Å². The fraction of sp³-hybridized carbons (Fsp3) is 0.200. The highest BCUT2D eigenvalue weighted by molar-refractivity contribution is 6.31. The number of hydrogen-bond donors (Lipinski definition) is 2. The number of rotatable bonds is 8. The summed E-state index contributed by atoms with van der Waals surface area (Å²) in [5.41, 5.74) is 1.90. The normalized spacial score (nSPS) is 10.3. The molecule has 2 aromatic carbocycles. The van der Waals surface area contributed by atoms with Crippen LogP contribution in [0, 0.1) is 6.92 Å². The lowest BCUT2D eigenvalue weighted by molar-refractivity contribution is 0.331. The molecule has 3 rings (SSSR count). The van der Waals surface area contributed by atoms with Gasteiger partial charge >= 0.3 is 0 Å². The fourth-order valence-electron chi connectivity index (χ4n) is 2.36. The Balaban J connectivity index is 1.50. The van der Waals surface area contributed by atoms with Gasteiger partial charge in [-0.15, -0.1) is 0 Å². The zero-order valence-electron chi connectivity index (χ0n) is 15.2. The molecule has 0 bridgehead atoms. The summed E-state index contributed by atoms with van der Waals surface area (Å²) in [5, 5.41) is 7.15. The third kappa shape index (κ3) is 5.49. The summed E-state index contributed by atoms with van der Waals surface area (Å²) < 4.78 is 10.8. The van der Waals surface area contributed by atoms with Crippen molar-refractivity contribution in [2.45, 2.75) is 6.92 Å². The smallest absolute Gasteiger partial charge is 0.135 e. The van der Waals surface area contributed by atoms with Gasteiger partial charge in [-0.1, -0.05) is 17.7 Å². The molecular formula is C20H21ClN4O2. The van der Waals surface area contributed by atoms with Crippen molar-refractivity contribution in [3.05, 3.63) is 65.4 Å². The molecule has 0 atom stereocenters. The van der Waals surface area contributed by atoms with Crippen molar-refractivity contribution in [1.29, 1.82) is 0 Å². The van der Waals surface area contributed by atoms with E-state index >= 15 is 0 Å². The molecule has 0 amide bonds. The minimum Gasteiger partial charge on any atom is -0.497 e. The summed E-state index contributed by atoms with van der Waals surface area (Å²) >= 11 is 6.16. The molecule has 0 saturated heterocycles. The van der Waals surface area contributed by atoms with E-state index in [4.69, 9.17) is 21.1 Å². The maximum Gasteiger partial charge on any atom is 0.135 e. The van der Waals surface area contributed by atoms with E-state index in [0.29, 0.717) is 29.8 Å². The molecule has 2 N–H and O–H groups in total. The summed E-state index contributed by atoms with van der Waals surface area (Å²) in [6.07, 6.45) is 1.50. The van der Waals surface area contributed by atoms with Crippen LogP contribution in [0.4, 0.5) is 17.3 Å². The van der Waals surface area contributed by atoms with Crippen LogP contribution in [-0.2, 0) is 0 Å². The second-order valence-electron chi connectivity index (χ2n) is 5.83. The van der Waals surface area contributed by atoms with Gasteiger partial charge in [0.2, 0.25) is 0 Å². The van der Waals surface area contributed by atoms with Gasteiger partial charge in [-0.25, -0.2) is 9.97 Å². The lowest BCUT2D eigenvalue weighted by Crippen LogP contribution is -2.12. The third-order valence-corrected chi connectivity index (χ3v) is 4.25. The Bertz CT molecular complexity index is 887. The molecule has 6 nitrogen and oxygen atoms in total. The molecule has 1 aromatic heterocycles. The molecule has 0 unspecified atom stereocenters. The van der Waals surface area contributed by atoms with Crippen LogP contribution in [0.1, 0.15) is 5.56 Å². The van der Waals surface area contributed by atoms with Crippen LogP contribution in [0.5, 0.6) is 11.5 Å². The van der Waals surface area contributed by atoms with E-state index in [9.17, 15) is 0 Å². The predicted octanol–water partition coefficient (Wildman–Crippen LogP) is 4.68. The van der Waals surface area contributed by atoms with Crippen molar-refractivity contribution in [2.75, 3.05) is 30.9 Å². The number of aryl methyl sites for hydroxylation is 1. The maximum atomic E-state index is 6.16. The Labute approximate surface area is 163 Å². The van der Waals surface area contributed by atoms with Crippen LogP contribution in [0.15, 0.2) is 54.9 Å². The van der Waals surface area contributed by atoms with Crippen molar-refractivity contribution < 1.29 is 9.47 Å². The SMILES string of the molecule is COc1ccc(OCCNc2cc(Nc3ccc(C)c(Cl)c3)ncn2)cc1. The quantitative estimate of drug-likeness (QED) is 0.549. The second-order valence-corrected chi connectivity index (χ2v) is 6.24. The standard InChI is InChI=1S/C20H21ClN4O2/c1-14-3-4-15(11-18(14)21)25-20-12-19(23-13-24-20)22-9-10-27-17-7-5-16(26-2)6-8-17/h3-8,11-13H,9-10H2,1-2H3,(H2,22,23,24,25). The van der Waals surface area contributed by atoms with Gasteiger partial charge in [0.25, 0.3) is 0 Å². The first-order valence-corrected chi connectivity index (χ1v) is 8.88. The predicted molar refractivity (Wildman–Crippen MR) is 108 cm³/mol. The van der Waals surface area contributed by atoms with Crippen molar-refractivity contribution in [2.24, 2.45) is 0 Å². The average molecular weight is 385 g/mol. The summed E-state index contributed by atoms with van der Waals surface area (Å²) in [4.78, 5) is 8.45. The number of nitrogens with one attached hydrogen (secondary N) is 2. The Morgan fingerprint density at radius 3 is 2.44 bits per heavy atom. The molecule has 3 aromatic rings. The molecule has 0 radical (unpaired) electrons. The molecular weight excluding hydrogens is 364 g/mol. The zero-order valence-corrected chi connectivity index (χ0v) is 16.0. The largest absolute Gasteiger partial charge is 0.497 e. The molecule has 140 valence electrons. The van der Waals surface area contributed by atoms with E-state index in [-0.39, 0.29) is 0 Å². The van der Waals surface area contributed by atoms with Gasteiger partial charge < -0.3 is 20.1 Å². The number of anilines is 3. The van der Waals surface area contributed by atoms with Crippen LogP contribution >= 0.6 is 11.6 Å². The third-order valence-electron chi connectivity index (χ3n) is 3.85. The van der Waals surface area contributed by atoms with Crippen LogP contribution in [0.3, 0.4) is 0 Å². The van der Waals surface area contributed by atoms with Crippen LogP contribution < -0.4 is 20.1 Å². The Morgan fingerprint density at radius 2 is 1.70 bits per heavy atom. The molecule has 7 heteroatoms. The first-order chi connectivity index (χ1) is 13.1. The van der Waals surface area contributed by atoms with Crippen molar-refractivity contribution >= 4 is 28.9 Å². The average Bonchev–Trinajstić information content (AvgIpc) is 2.69. The van der Waals surface area contributed by atoms with Gasteiger partial charge in [0.05, 0.1) is 13.7 Å². The monoisotopic (exact) mass is 384 g/mol. The zero-order chi connectivity index (χ0) is 19.1. The van der Waals surface area contributed by atoms with E-state index in [1.54, 1.807) is 7.11 Å². The number of aromatic nitrogens is 2. The number of ether oxygens (including phenoxy) is 2. The van der Waals surface area contributed by atoms with Gasteiger partial charge in [-0.2, -0.15) is 0 Å². The van der Waals surface area contributed by atoms with Gasteiger partial charge in [-0.3, -0.25) is 0 Å². The minimum absolute atomic E-state index is 0.507. The second kappa shape index (κ2) is 9.09. The van der Waals surface area contributed by atoms with Gasteiger partial charge in [0.1, 0.15) is 36.1 Å². The highest BCUT2D eigenvalue weighted by atomic mass is 35.5. The number of halogens is 1. The number of methoxy groups -OCH3 is 1. The fourth-order valence-corrected chi connectivity index (χ4v) is 2.54. The summed E-state index contributed by atoms with van der Waals surface area (Å²) in [6, 6.07) is 15.1. The van der Waals surface area contributed by atoms with E-state index in [1.807, 2.05) is 55.5 Å². The highest BCUT2D eigenvalue weighted by Crippen LogP contribution is 2.23. The number of hydrogen-bond acceptors (Lipinski definition) is 6. The van der Waals surface area contributed by atoms with Crippen molar-refractivity contribution in [3.63, 3.8) is 0 Å². The molecule has 0 spiro atoms.